The van der Waals surface area contributed by atoms with E-state index in [9.17, 15) is 0 Å². The number of benzene rings is 1. The molecule has 1 saturated heterocycles. The Hall–Kier alpha value is -0.650. The van der Waals surface area contributed by atoms with E-state index < -0.39 is 0 Å². The van der Waals surface area contributed by atoms with Gasteiger partial charge in [-0.05, 0) is 47.0 Å². The van der Waals surface area contributed by atoms with Crippen LogP contribution >= 0.6 is 28.1 Å². The first-order valence-corrected chi connectivity index (χ1v) is 6.80. The summed E-state index contributed by atoms with van der Waals surface area (Å²) in [5.74, 6) is 0. The lowest BCUT2D eigenvalue weighted by Gasteiger charge is -2.24. The Bertz CT molecular complexity index is 419. The first-order chi connectivity index (χ1) is 8.16. The van der Waals surface area contributed by atoms with E-state index in [0.29, 0.717) is 11.0 Å². The van der Waals surface area contributed by atoms with Gasteiger partial charge >= 0.3 is 0 Å². The molecule has 1 aromatic carbocycles. The molecule has 92 valence electrons. The van der Waals surface area contributed by atoms with E-state index >= 15 is 0 Å². The lowest BCUT2D eigenvalue weighted by Crippen LogP contribution is -2.30. The van der Waals surface area contributed by atoms with E-state index in [1.54, 1.807) is 0 Å². The van der Waals surface area contributed by atoms with Crippen LogP contribution in [-0.2, 0) is 4.74 Å². The molecule has 0 amide bonds. The van der Waals surface area contributed by atoms with Crippen molar-refractivity contribution in [2.45, 2.75) is 18.9 Å². The van der Waals surface area contributed by atoms with Gasteiger partial charge in [-0.15, -0.1) is 0 Å². The van der Waals surface area contributed by atoms with Crippen molar-refractivity contribution in [1.29, 1.82) is 0 Å². The minimum Gasteiger partial charge on any atom is -0.389 e. The summed E-state index contributed by atoms with van der Waals surface area (Å²) in [6.45, 7) is 1.64. The van der Waals surface area contributed by atoms with Crippen LogP contribution in [0.5, 0.6) is 0 Å². The smallest absolute Gasteiger partial charge is 0.104 e. The van der Waals surface area contributed by atoms with Crippen LogP contribution in [0.3, 0.4) is 0 Å². The Balaban J connectivity index is 2.08. The zero-order chi connectivity index (χ0) is 12.3. The predicted molar refractivity (Wildman–Crippen MR) is 77.5 cm³/mol. The zero-order valence-electron chi connectivity index (χ0n) is 9.41. The Morgan fingerprint density at radius 3 is 2.94 bits per heavy atom. The minimum absolute atomic E-state index is 0.385. The lowest BCUT2D eigenvalue weighted by atomic mass is 10.1. The van der Waals surface area contributed by atoms with E-state index in [-0.39, 0.29) is 0 Å². The average Bonchev–Trinajstić information content (AvgIpc) is 2.33. The van der Waals surface area contributed by atoms with Crippen molar-refractivity contribution in [2.24, 2.45) is 5.73 Å². The maximum atomic E-state index is 5.59. The van der Waals surface area contributed by atoms with Crippen LogP contribution in [0, 0.1) is 0 Å². The molecular weight excluding hydrogens is 300 g/mol. The van der Waals surface area contributed by atoms with Crippen LogP contribution in [0.4, 0.5) is 5.69 Å². The van der Waals surface area contributed by atoms with Crippen molar-refractivity contribution in [3.8, 4) is 0 Å². The number of anilines is 1. The number of hydrogen-bond acceptors (Lipinski definition) is 3. The number of rotatable bonds is 3. The highest BCUT2D eigenvalue weighted by Gasteiger charge is 2.14. The summed E-state index contributed by atoms with van der Waals surface area (Å²) in [5.41, 5.74) is 7.52. The molecule has 0 aliphatic carbocycles. The largest absolute Gasteiger partial charge is 0.389 e. The van der Waals surface area contributed by atoms with E-state index in [0.717, 1.165) is 41.8 Å². The molecule has 1 aliphatic heterocycles. The second-order valence-electron chi connectivity index (χ2n) is 4.12. The van der Waals surface area contributed by atoms with Gasteiger partial charge in [-0.1, -0.05) is 12.2 Å². The van der Waals surface area contributed by atoms with Gasteiger partial charge in [0.15, 0.2) is 0 Å². The molecule has 1 aromatic rings. The molecule has 0 aromatic heterocycles. The fourth-order valence-corrected chi connectivity index (χ4v) is 2.48. The number of nitrogens with two attached hydrogens (primary N) is 1. The second-order valence-corrected chi connectivity index (χ2v) is 5.41. The number of thiocarbonyl (C=S) groups is 1. The fourth-order valence-electron chi connectivity index (χ4n) is 1.86. The van der Waals surface area contributed by atoms with Crippen LogP contribution in [0.15, 0.2) is 22.7 Å². The lowest BCUT2D eigenvalue weighted by molar-refractivity contribution is 0.0876. The Morgan fingerprint density at radius 2 is 2.35 bits per heavy atom. The molecule has 0 bridgehead atoms. The molecule has 1 unspecified atom stereocenters. The van der Waals surface area contributed by atoms with Gasteiger partial charge < -0.3 is 15.8 Å². The first-order valence-electron chi connectivity index (χ1n) is 5.60. The molecular formula is C12H15BrN2OS. The molecule has 1 aliphatic rings. The topological polar surface area (TPSA) is 47.3 Å². The van der Waals surface area contributed by atoms with Crippen LogP contribution in [0.25, 0.3) is 0 Å². The molecule has 0 spiro atoms. The van der Waals surface area contributed by atoms with Gasteiger partial charge in [0, 0.05) is 28.4 Å². The summed E-state index contributed by atoms with van der Waals surface area (Å²) < 4.78 is 6.42. The van der Waals surface area contributed by atoms with Gasteiger partial charge in [0.05, 0.1) is 6.61 Å². The monoisotopic (exact) mass is 314 g/mol. The van der Waals surface area contributed by atoms with Crippen molar-refractivity contribution >= 4 is 38.8 Å². The van der Waals surface area contributed by atoms with E-state index in [4.69, 9.17) is 22.7 Å². The molecule has 3 N–H and O–H groups in total. The van der Waals surface area contributed by atoms with Crippen molar-refractivity contribution in [3.63, 3.8) is 0 Å². The van der Waals surface area contributed by atoms with Crippen molar-refractivity contribution in [2.75, 3.05) is 18.5 Å². The standard InChI is InChI=1S/C12H15BrN2OS/c13-10-6-8(12(14)17)3-4-11(10)15-9-2-1-5-16-7-9/h3-4,6,9,15H,1-2,5,7H2,(H2,14,17). The molecule has 3 nitrogen and oxygen atoms in total. The van der Waals surface area contributed by atoms with Crippen LogP contribution < -0.4 is 11.1 Å². The summed E-state index contributed by atoms with van der Waals surface area (Å²) in [5, 5.41) is 3.46. The zero-order valence-corrected chi connectivity index (χ0v) is 11.8. The second kappa shape index (κ2) is 5.80. The molecule has 0 saturated carbocycles. The number of halogens is 1. The number of nitrogens with one attached hydrogen (secondary N) is 1. The first kappa shape index (κ1) is 12.8. The third kappa shape index (κ3) is 3.40. The third-order valence-corrected chi connectivity index (χ3v) is 3.67. The van der Waals surface area contributed by atoms with E-state index in [1.807, 2.05) is 18.2 Å². The van der Waals surface area contributed by atoms with E-state index in [2.05, 4.69) is 21.2 Å². The fraction of sp³-hybridized carbons (Fsp3) is 0.417. The van der Waals surface area contributed by atoms with Crippen LogP contribution in [-0.4, -0.2) is 24.2 Å². The summed E-state index contributed by atoms with van der Waals surface area (Å²) in [4.78, 5) is 0.415. The molecule has 2 rings (SSSR count). The Morgan fingerprint density at radius 1 is 1.53 bits per heavy atom. The highest BCUT2D eigenvalue weighted by Crippen LogP contribution is 2.25. The molecule has 5 heteroatoms. The highest BCUT2D eigenvalue weighted by atomic mass is 79.9. The van der Waals surface area contributed by atoms with Crippen molar-refractivity contribution in [1.82, 2.24) is 0 Å². The summed E-state index contributed by atoms with van der Waals surface area (Å²) in [7, 11) is 0. The predicted octanol–water partition coefficient (Wildman–Crippen LogP) is 2.67. The maximum Gasteiger partial charge on any atom is 0.104 e. The van der Waals surface area contributed by atoms with E-state index in [1.165, 1.54) is 0 Å². The van der Waals surface area contributed by atoms with Gasteiger partial charge in [0.25, 0.3) is 0 Å². The van der Waals surface area contributed by atoms with Gasteiger partial charge in [0.2, 0.25) is 0 Å². The Kier molecular flexibility index (Phi) is 4.36. The minimum atomic E-state index is 0.385. The number of hydrogen-bond donors (Lipinski definition) is 2. The molecule has 1 fully saturated rings. The molecule has 1 atom stereocenters. The number of ether oxygens (including phenoxy) is 1. The molecule has 1 heterocycles. The van der Waals surface area contributed by atoms with Crippen LogP contribution in [0.1, 0.15) is 18.4 Å². The quantitative estimate of drug-likeness (QED) is 0.842. The maximum absolute atomic E-state index is 5.59. The van der Waals surface area contributed by atoms with Gasteiger partial charge in [-0.25, -0.2) is 0 Å². The van der Waals surface area contributed by atoms with Gasteiger partial charge in [0.1, 0.15) is 4.99 Å². The van der Waals surface area contributed by atoms with Crippen LogP contribution in [0.2, 0.25) is 0 Å². The van der Waals surface area contributed by atoms with Crippen molar-refractivity contribution in [3.05, 3.63) is 28.2 Å². The normalized spacial score (nSPS) is 19.9. The summed E-state index contributed by atoms with van der Waals surface area (Å²) in [6, 6.07) is 6.25. The van der Waals surface area contributed by atoms with Gasteiger partial charge in [-0.2, -0.15) is 0 Å². The summed E-state index contributed by atoms with van der Waals surface area (Å²) >= 11 is 8.47. The summed E-state index contributed by atoms with van der Waals surface area (Å²) in [6.07, 6.45) is 2.25. The average molecular weight is 315 g/mol. The third-order valence-electron chi connectivity index (χ3n) is 2.77. The highest BCUT2D eigenvalue weighted by molar-refractivity contribution is 9.10. The Labute approximate surface area is 115 Å². The SMILES string of the molecule is NC(=S)c1ccc(NC2CCCOC2)c(Br)c1. The molecule has 17 heavy (non-hydrogen) atoms. The van der Waals surface area contributed by atoms with Crippen molar-refractivity contribution < 1.29 is 4.74 Å². The molecule has 0 radical (unpaired) electrons. The van der Waals surface area contributed by atoms with Gasteiger partial charge in [-0.3, -0.25) is 0 Å².